The molecule has 1 unspecified atom stereocenters. The minimum Gasteiger partial charge on any atom is -0.379 e. The van der Waals surface area contributed by atoms with Gasteiger partial charge in [0.1, 0.15) is 11.6 Å². The number of nitrogens with one attached hydrogen (secondary N) is 1. The van der Waals surface area contributed by atoms with E-state index in [0.717, 1.165) is 38.5 Å². The van der Waals surface area contributed by atoms with Crippen LogP contribution < -0.4 is 5.32 Å². The number of ether oxygens (including phenoxy) is 1. The third kappa shape index (κ3) is 4.34. The van der Waals surface area contributed by atoms with Gasteiger partial charge >= 0.3 is 0 Å². The van der Waals surface area contributed by atoms with E-state index in [4.69, 9.17) is 4.74 Å². The lowest BCUT2D eigenvalue weighted by Gasteiger charge is -2.30. The fraction of sp³-hybridized carbons (Fsp3) is 0.636. The van der Waals surface area contributed by atoms with Crippen molar-refractivity contribution in [1.82, 2.24) is 15.1 Å². The third-order valence-electron chi connectivity index (χ3n) is 6.68. The molecule has 2 amide bonds. The molecule has 1 saturated carbocycles. The smallest absolute Gasteiger partial charge is 0.231 e. The molecule has 0 spiro atoms. The quantitative estimate of drug-likeness (QED) is 0.761. The second-order valence-corrected chi connectivity index (χ2v) is 8.58. The lowest BCUT2D eigenvalue weighted by atomic mass is 9.77. The first-order chi connectivity index (χ1) is 14.5. The molecule has 30 heavy (non-hydrogen) atoms. The molecule has 3 fully saturated rings. The summed E-state index contributed by atoms with van der Waals surface area (Å²) >= 11 is 0. The van der Waals surface area contributed by atoms with Crippen LogP contribution in [0.4, 0.5) is 8.78 Å². The van der Waals surface area contributed by atoms with Crippen molar-refractivity contribution in [3.05, 3.63) is 35.4 Å². The van der Waals surface area contributed by atoms with Crippen molar-refractivity contribution >= 4 is 11.8 Å². The molecular formula is C22H29F2N3O3. The number of hydrogen-bond acceptors (Lipinski definition) is 4. The zero-order valence-electron chi connectivity index (χ0n) is 17.2. The first-order valence-electron chi connectivity index (χ1n) is 10.8. The summed E-state index contributed by atoms with van der Waals surface area (Å²) < 4.78 is 33.3. The predicted octanol–water partition coefficient (Wildman–Crippen LogP) is 1.83. The molecule has 6 nitrogen and oxygen atoms in total. The predicted molar refractivity (Wildman–Crippen MR) is 107 cm³/mol. The summed E-state index contributed by atoms with van der Waals surface area (Å²) in [6, 6.07) is 3.16. The van der Waals surface area contributed by atoms with Crippen LogP contribution in [0.3, 0.4) is 0 Å². The largest absolute Gasteiger partial charge is 0.379 e. The Morgan fingerprint density at radius 3 is 2.60 bits per heavy atom. The van der Waals surface area contributed by atoms with Gasteiger partial charge in [-0.05, 0) is 18.9 Å². The Labute approximate surface area is 175 Å². The van der Waals surface area contributed by atoms with Gasteiger partial charge in [-0.1, -0.05) is 18.9 Å². The summed E-state index contributed by atoms with van der Waals surface area (Å²) in [5.74, 6) is -1.55. The standard InChI is InChI=1S/C22H29F2N3O3/c23-16-3-4-18(19(24)13-16)22(5-1-2-6-22)21(29)25-17-14-20(28)27(15-17)8-7-26-9-11-30-12-10-26/h3-4,13,17H,1-2,5-12,14-15H2,(H,25,29). The van der Waals surface area contributed by atoms with Crippen molar-refractivity contribution in [1.29, 1.82) is 0 Å². The molecule has 1 aromatic carbocycles. The number of carbonyl (C=O) groups excluding carboxylic acids is 2. The number of rotatable bonds is 6. The van der Waals surface area contributed by atoms with Crippen molar-refractivity contribution in [2.24, 2.45) is 0 Å². The van der Waals surface area contributed by atoms with E-state index in [-0.39, 0.29) is 29.8 Å². The van der Waals surface area contributed by atoms with Crippen LogP contribution in [0.15, 0.2) is 18.2 Å². The number of benzene rings is 1. The van der Waals surface area contributed by atoms with Crippen molar-refractivity contribution in [3.63, 3.8) is 0 Å². The van der Waals surface area contributed by atoms with Gasteiger partial charge in [-0.25, -0.2) is 8.78 Å². The molecule has 4 rings (SSSR count). The molecule has 3 aliphatic rings. The molecule has 1 N–H and O–H groups in total. The van der Waals surface area contributed by atoms with E-state index in [9.17, 15) is 18.4 Å². The Hall–Kier alpha value is -2.06. The van der Waals surface area contributed by atoms with Crippen LogP contribution in [0.2, 0.25) is 0 Å². The van der Waals surface area contributed by atoms with Crippen LogP contribution in [0, 0.1) is 11.6 Å². The number of morpholine rings is 1. The van der Waals surface area contributed by atoms with E-state index in [0.29, 0.717) is 39.1 Å². The third-order valence-corrected chi connectivity index (χ3v) is 6.68. The van der Waals surface area contributed by atoms with Crippen LogP contribution in [-0.2, 0) is 19.7 Å². The molecule has 2 saturated heterocycles. The topological polar surface area (TPSA) is 61.9 Å². The summed E-state index contributed by atoms with van der Waals surface area (Å²) in [5.41, 5.74) is -0.727. The minimum absolute atomic E-state index is 0.0296. The average molecular weight is 421 g/mol. The second-order valence-electron chi connectivity index (χ2n) is 8.58. The number of nitrogens with zero attached hydrogens (tertiary/aromatic N) is 2. The van der Waals surface area contributed by atoms with Gasteiger partial charge in [0, 0.05) is 50.8 Å². The minimum atomic E-state index is -0.984. The van der Waals surface area contributed by atoms with Gasteiger partial charge in [-0.2, -0.15) is 0 Å². The molecule has 8 heteroatoms. The van der Waals surface area contributed by atoms with Gasteiger partial charge in [-0.3, -0.25) is 14.5 Å². The van der Waals surface area contributed by atoms with Gasteiger partial charge in [0.05, 0.1) is 24.7 Å². The van der Waals surface area contributed by atoms with Gasteiger partial charge in [-0.15, -0.1) is 0 Å². The lowest BCUT2D eigenvalue weighted by Crippen LogP contribution is -2.48. The Bertz CT molecular complexity index is 792. The van der Waals surface area contributed by atoms with Crippen molar-refractivity contribution < 1.29 is 23.1 Å². The van der Waals surface area contributed by atoms with Crippen molar-refractivity contribution in [2.45, 2.75) is 43.6 Å². The summed E-state index contributed by atoms with van der Waals surface area (Å²) in [6.07, 6.45) is 2.96. The normalized spacial score (nSPS) is 24.4. The zero-order valence-corrected chi connectivity index (χ0v) is 17.2. The van der Waals surface area contributed by atoms with E-state index in [1.54, 1.807) is 4.90 Å². The SMILES string of the molecule is O=C1CC(NC(=O)C2(c3ccc(F)cc3F)CCCC2)CN1CCN1CCOCC1. The van der Waals surface area contributed by atoms with E-state index >= 15 is 0 Å². The molecular weight excluding hydrogens is 392 g/mol. The Morgan fingerprint density at radius 1 is 1.17 bits per heavy atom. The Kier molecular flexibility index (Phi) is 6.34. The molecule has 1 aromatic rings. The highest BCUT2D eigenvalue weighted by Gasteiger charge is 2.46. The highest BCUT2D eigenvalue weighted by atomic mass is 19.1. The van der Waals surface area contributed by atoms with Crippen LogP contribution >= 0.6 is 0 Å². The Morgan fingerprint density at radius 2 is 1.90 bits per heavy atom. The number of amides is 2. The molecule has 1 aliphatic carbocycles. The highest BCUT2D eigenvalue weighted by molar-refractivity contribution is 5.90. The first kappa shape index (κ1) is 21.2. The Balaban J connectivity index is 1.39. The first-order valence-corrected chi connectivity index (χ1v) is 10.8. The summed E-state index contributed by atoms with van der Waals surface area (Å²) in [4.78, 5) is 29.8. The maximum atomic E-state index is 14.5. The van der Waals surface area contributed by atoms with Crippen LogP contribution in [-0.4, -0.2) is 73.6 Å². The van der Waals surface area contributed by atoms with E-state index < -0.39 is 17.0 Å². The van der Waals surface area contributed by atoms with Crippen LogP contribution in [0.25, 0.3) is 0 Å². The molecule has 0 radical (unpaired) electrons. The van der Waals surface area contributed by atoms with E-state index in [2.05, 4.69) is 10.2 Å². The van der Waals surface area contributed by atoms with Gasteiger partial charge in [0.15, 0.2) is 0 Å². The fourth-order valence-electron chi connectivity index (χ4n) is 4.97. The number of carbonyl (C=O) groups is 2. The van der Waals surface area contributed by atoms with Gasteiger partial charge in [0.2, 0.25) is 11.8 Å². The fourth-order valence-corrected chi connectivity index (χ4v) is 4.97. The van der Waals surface area contributed by atoms with Crippen LogP contribution in [0.1, 0.15) is 37.7 Å². The lowest BCUT2D eigenvalue weighted by molar-refractivity contribution is -0.128. The zero-order chi connectivity index (χ0) is 21.1. The summed E-state index contributed by atoms with van der Waals surface area (Å²) in [5, 5.41) is 3.00. The van der Waals surface area contributed by atoms with Gasteiger partial charge in [0.25, 0.3) is 0 Å². The maximum absolute atomic E-state index is 14.5. The average Bonchev–Trinajstić information content (AvgIpc) is 3.35. The molecule has 0 aromatic heterocycles. The highest BCUT2D eigenvalue weighted by Crippen LogP contribution is 2.42. The van der Waals surface area contributed by atoms with E-state index in [1.165, 1.54) is 12.1 Å². The van der Waals surface area contributed by atoms with E-state index in [1.807, 2.05) is 0 Å². The molecule has 2 heterocycles. The van der Waals surface area contributed by atoms with Crippen molar-refractivity contribution in [2.75, 3.05) is 45.9 Å². The van der Waals surface area contributed by atoms with Crippen molar-refractivity contribution in [3.8, 4) is 0 Å². The molecule has 2 aliphatic heterocycles. The van der Waals surface area contributed by atoms with Gasteiger partial charge < -0.3 is 15.0 Å². The summed E-state index contributed by atoms with van der Waals surface area (Å²) in [7, 11) is 0. The maximum Gasteiger partial charge on any atom is 0.231 e. The van der Waals surface area contributed by atoms with Crippen LogP contribution in [0.5, 0.6) is 0 Å². The molecule has 1 atom stereocenters. The summed E-state index contributed by atoms with van der Waals surface area (Å²) in [6.45, 7) is 5.06. The number of likely N-dealkylation sites (tertiary alicyclic amines) is 1. The number of halogens is 2. The molecule has 0 bridgehead atoms. The second kappa shape index (κ2) is 8.98. The molecule has 164 valence electrons. The monoisotopic (exact) mass is 421 g/mol. The number of hydrogen-bond donors (Lipinski definition) is 1.